The lowest BCUT2D eigenvalue weighted by Gasteiger charge is -2.09. The van der Waals surface area contributed by atoms with Crippen molar-refractivity contribution in [3.05, 3.63) is 83.4 Å². The normalized spacial score (nSPS) is 10.2. The Labute approximate surface area is 143 Å². The van der Waals surface area contributed by atoms with Crippen LogP contribution in [-0.4, -0.2) is 10.9 Å². The molecular weight excluding hydrogens is 329 g/mol. The van der Waals surface area contributed by atoms with Gasteiger partial charge in [-0.3, -0.25) is 9.78 Å². The maximum absolute atomic E-state index is 12.9. The molecule has 3 aromatic rings. The highest BCUT2D eigenvalue weighted by molar-refractivity contribution is 6.30. The van der Waals surface area contributed by atoms with Crippen LogP contribution in [0.3, 0.4) is 0 Å². The Morgan fingerprint density at radius 3 is 2.50 bits per heavy atom. The number of hydrogen-bond acceptors (Lipinski definition) is 3. The third kappa shape index (κ3) is 4.08. The number of halogens is 2. The summed E-state index contributed by atoms with van der Waals surface area (Å²) in [4.78, 5) is 16.3. The largest absolute Gasteiger partial charge is 0.355 e. The first kappa shape index (κ1) is 16.0. The van der Waals surface area contributed by atoms with Gasteiger partial charge in [0, 0.05) is 28.3 Å². The molecule has 0 fully saturated rings. The zero-order valence-electron chi connectivity index (χ0n) is 12.5. The summed E-state index contributed by atoms with van der Waals surface area (Å²) < 4.78 is 12.9. The van der Waals surface area contributed by atoms with Crippen LogP contribution >= 0.6 is 11.6 Å². The van der Waals surface area contributed by atoms with Crippen molar-refractivity contribution in [2.24, 2.45) is 0 Å². The summed E-state index contributed by atoms with van der Waals surface area (Å²) in [5.74, 6) is -0.656. The molecule has 6 heteroatoms. The molecule has 1 amide bonds. The number of aromatic nitrogens is 1. The Bertz CT molecular complexity index is 868. The van der Waals surface area contributed by atoms with Gasteiger partial charge in [0.15, 0.2) is 0 Å². The summed E-state index contributed by atoms with van der Waals surface area (Å²) in [5.41, 5.74) is 2.23. The molecule has 0 aliphatic heterocycles. The van der Waals surface area contributed by atoms with Gasteiger partial charge >= 0.3 is 0 Å². The van der Waals surface area contributed by atoms with Gasteiger partial charge in [-0.2, -0.15) is 0 Å². The number of benzene rings is 2. The van der Waals surface area contributed by atoms with Crippen LogP contribution in [0.5, 0.6) is 0 Å². The molecule has 3 rings (SSSR count). The second-order valence-electron chi connectivity index (χ2n) is 5.03. The molecule has 2 aromatic carbocycles. The van der Waals surface area contributed by atoms with Gasteiger partial charge in [0.1, 0.15) is 11.5 Å². The Morgan fingerprint density at radius 2 is 1.75 bits per heavy atom. The number of rotatable bonds is 4. The molecule has 4 nitrogen and oxygen atoms in total. The number of carbonyl (C=O) groups excluding carboxylic acids is 1. The van der Waals surface area contributed by atoms with Crippen molar-refractivity contribution in [1.82, 2.24) is 4.98 Å². The van der Waals surface area contributed by atoms with Crippen molar-refractivity contribution in [3.63, 3.8) is 0 Å². The molecule has 0 aliphatic rings. The van der Waals surface area contributed by atoms with E-state index in [1.165, 1.54) is 18.3 Å². The van der Waals surface area contributed by atoms with Gasteiger partial charge in [-0.05, 0) is 54.6 Å². The molecule has 24 heavy (non-hydrogen) atoms. The van der Waals surface area contributed by atoms with Gasteiger partial charge < -0.3 is 10.6 Å². The summed E-state index contributed by atoms with van der Waals surface area (Å²) in [5, 5.41) is 6.36. The number of hydrogen-bond donors (Lipinski definition) is 2. The highest BCUT2D eigenvalue weighted by Gasteiger charge is 2.09. The maximum Gasteiger partial charge on any atom is 0.274 e. The van der Waals surface area contributed by atoms with E-state index < -0.39 is 0 Å². The highest BCUT2D eigenvalue weighted by atomic mass is 35.5. The fraction of sp³-hybridized carbons (Fsp3) is 0. The van der Waals surface area contributed by atoms with Crippen LogP contribution in [0.25, 0.3) is 0 Å². The van der Waals surface area contributed by atoms with Crippen LogP contribution in [0.1, 0.15) is 10.5 Å². The van der Waals surface area contributed by atoms with Crippen LogP contribution in [0.15, 0.2) is 66.9 Å². The molecule has 0 unspecified atom stereocenters. The minimum atomic E-state index is -0.347. The number of nitrogens with zero attached hydrogens (tertiary/aromatic N) is 1. The summed E-state index contributed by atoms with van der Waals surface area (Å²) in [6.07, 6.45) is 1.53. The fourth-order valence-electron chi connectivity index (χ4n) is 2.09. The monoisotopic (exact) mass is 341 g/mol. The molecule has 0 radical (unpaired) electrons. The molecular formula is C18H13ClFN3O. The van der Waals surface area contributed by atoms with Gasteiger partial charge in [0.05, 0.1) is 0 Å². The first-order chi connectivity index (χ1) is 11.6. The number of amides is 1. The van der Waals surface area contributed by atoms with E-state index in [1.54, 1.807) is 48.5 Å². The maximum atomic E-state index is 12.9. The Kier molecular flexibility index (Phi) is 4.72. The lowest BCUT2D eigenvalue weighted by atomic mass is 10.2. The lowest BCUT2D eigenvalue weighted by Crippen LogP contribution is -2.13. The third-order valence-corrected chi connectivity index (χ3v) is 3.44. The van der Waals surface area contributed by atoms with E-state index in [0.717, 1.165) is 0 Å². The van der Waals surface area contributed by atoms with E-state index in [1.807, 2.05) is 0 Å². The van der Waals surface area contributed by atoms with E-state index in [2.05, 4.69) is 15.6 Å². The molecule has 1 aromatic heterocycles. The smallest absolute Gasteiger partial charge is 0.274 e. The number of pyridine rings is 1. The molecule has 0 saturated carbocycles. The van der Waals surface area contributed by atoms with E-state index >= 15 is 0 Å². The standard InChI is InChI=1S/C18H13ClFN3O/c19-12-2-1-3-15(10-12)23-18(24)17-11-16(8-9-21-17)22-14-6-4-13(20)5-7-14/h1-11H,(H,21,22)(H,23,24). The summed E-state index contributed by atoms with van der Waals surface area (Å²) in [7, 11) is 0. The number of nitrogens with one attached hydrogen (secondary N) is 2. The van der Waals surface area contributed by atoms with E-state index in [4.69, 9.17) is 11.6 Å². The van der Waals surface area contributed by atoms with Crippen LogP contribution in [0, 0.1) is 5.82 Å². The zero-order chi connectivity index (χ0) is 16.9. The average Bonchev–Trinajstić information content (AvgIpc) is 2.57. The predicted octanol–water partition coefficient (Wildman–Crippen LogP) is 4.87. The molecule has 0 aliphatic carbocycles. The SMILES string of the molecule is O=C(Nc1cccc(Cl)c1)c1cc(Nc2ccc(F)cc2)ccn1. The van der Waals surface area contributed by atoms with Crippen molar-refractivity contribution in [2.75, 3.05) is 10.6 Å². The van der Waals surface area contributed by atoms with Crippen molar-refractivity contribution >= 4 is 34.6 Å². The molecule has 0 spiro atoms. The van der Waals surface area contributed by atoms with Crippen LogP contribution in [0.4, 0.5) is 21.5 Å². The first-order valence-corrected chi connectivity index (χ1v) is 7.53. The van der Waals surface area contributed by atoms with E-state index in [0.29, 0.717) is 22.1 Å². The second kappa shape index (κ2) is 7.10. The van der Waals surface area contributed by atoms with Crippen LogP contribution in [-0.2, 0) is 0 Å². The molecule has 1 heterocycles. The Hall–Kier alpha value is -2.92. The topological polar surface area (TPSA) is 54.0 Å². The highest BCUT2D eigenvalue weighted by Crippen LogP contribution is 2.19. The molecule has 0 bridgehead atoms. The molecule has 0 atom stereocenters. The molecule has 0 saturated heterocycles. The van der Waals surface area contributed by atoms with Crippen molar-refractivity contribution in [1.29, 1.82) is 0 Å². The lowest BCUT2D eigenvalue weighted by molar-refractivity contribution is 0.102. The summed E-state index contributed by atoms with van der Waals surface area (Å²) in [6, 6.07) is 16.1. The number of anilines is 3. The van der Waals surface area contributed by atoms with Crippen molar-refractivity contribution < 1.29 is 9.18 Å². The Morgan fingerprint density at radius 1 is 0.958 bits per heavy atom. The van der Waals surface area contributed by atoms with E-state index in [-0.39, 0.29) is 17.4 Å². The van der Waals surface area contributed by atoms with Gasteiger partial charge in [0.25, 0.3) is 5.91 Å². The quantitative estimate of drug-likeness (QED) is 0.711. The van der Waals surface area contributed by atoms with Gasteiger partial charge in [-0.15, -0.1) is 0 Å². The van der Waals surface area contributed by atoms with Crippen molar-refractivity contribution in [2.45, 2.75) is 0 Å². The van der Waals surface area contributed by atoms with Crippen LogP contribution in [0.2, 0.25) is 5.02 Å². The Balaban J connectivity index is 1.74. The van der Waals surface area contributed by atoms with E-state index in [9.17, 15) is 9.18 Å². The minimum Gasteiger partial charge on any atom is -0.355 e. The second-order valence-corrected chi connectivity index (χ2v) is 5.46. The molecule has 120 valence electrons. The number of carbonyl (C=O) groups is 1. The fourth-order valence-corrected chi connectivity index (χ4v) is 2.28. The summed E-state index contributed by atoms with van der Waals surface area (Å²) in [6.45, 7) is 0. The third-order valence-electron chi connectivity index (χ3n) is 3.21. The zero-order valence-corrected chi connectivity index (χ0v) is 13.2. The summed E-state index contributed by atoms with van der Waals surface area (Å²) >= 11 is 5.90. The van der Waals surface area contributed by atoms with Gasteiger partial charge in [-0.1, -0.05) is 17.7 Å². The van der Waals surface area contributed by atoms with Crippen molar-refractivity contribution in [3.8, 4) is 0 Å². The first-order valence-electron chi connectivity index (χ1n) is 7.16. The predicted molar refractivity (Wildman–Crippen MR) is 93.3 cm³/mol. The average molecular weight is 342 g/mol. The minimum absolute atomic E-state index is 0.252. The van der Waals surface area contributed by atoms with Crippen LogP contribution < -0.4 is 10.6 Å². The van der Waals surface area contributed by atoms with Gasteiger partial charge in [0.2, 0.25) is 0 Å². The van der Waals surface area contributed by atoms with Gasteiger partial charge in [-0.25, -0.2) is 4.39 Å². The molecule has 2 N–H and O–H groups in total.